The minimum absolute atomic E-state index is 0.0963. The molecule has 1 atom stereocenters. The summed E-state index contributed by atoms with van der Waals surface area (Å²) in [6.07, 6.45) is 3.81. The number of amides is 1. The summed E-state index contributed by atoms with van der Waals surface area (Å²) in [7, 11) is 1.82. The SMILES string of the molecule is Cc1csc(CN(C)C(=O)C(C)n2cccc2)n1. The molecule has 2 aromatic heterocycles. The first-order chi connectivity index (χ1) is 8.58. The average molecular weight is 263 g/mol. The van der Waals surface area contributed by atoms with Gasteiger partial charge in [0.15, 0.2) is 0 Å². The predicted octanol–water partition coefficient (Wildman–Crippen LogP) is 2.47. The minimum Gasteiger partial charge on any atom is -0.342 e. The summed E-state index contributed by atoms with van der Waals surface area (Å²) in [5, 5.41) is 2.98. The average Bonchev–Trinajstić information content (AvgIpc) is 2.98. The minimum atomic E-state index is -0.175. The standard InChI is InChI=1S/C13H17N3OS/c1-10-9-18-12(14-10)8-15(3)13(17)11(2)16-6-4-5-7-16/h4-7,9,11H,8H2,1-3H3. The Morgan fingerprint density at radius 3 is 2.72 bits per heavy atom. The number of nitrogens with zero attached hydrogens (tertiary/aromatic N) is 3. The van der Waals surface area contributed by atoms with E-state index in [-0.39, 0.29) is 11.9 Å². The van der Waals surface area contributed by atoms with Crippen LogP contribution in [0.2, 0.25) is 0 Å². The normalized spacial score (nSPS) is 12.4. The van der Waals surface area contributed by atoms with Gasteiger partial charge in [-0.1, -0.05) is 0 Å². The second-order valence-electron chi connectivity index (χ2n) is 4.38. The van der Waals surface area contributed by atoms with Crippen molar-refractivity contribution in [3.63, 3.8) is 0 Å². The predicted molar refractivity (Wildman–Crippen MR) is 72.5 cm³/mol. The van der Waals surface area contributed by atoms with Crippen LogP contribution in [-0.2, 0) is 11.3 Å². The van der Waals surface area contributed by atoms with Crippen LogP contribution in [0.4, 0.5) is 0 Å². The van der Waals surface area contributed by atoms with Gasteiger partial charge in [0.2, 0.25) is 5.91 Å². The molecule has 0 fully saturated rings. The molecular weight excluding hydrogens is 246 g/mol. The first kappa shape index (κ1) is 12.8. The zero-order chi connectivity index (χ0) is 13.1. The van der Waals surface area contributed by atoms with E-state index < -0.39 is 0 Å². The van der Waals surface area contributed by atoms with E-state index in [4.69, 9.17) is 0 Å². The molecule has 2 heterocycles. The van der Waals surface area contributed by atoms with Gasteiger partial charge in [-0.05, 0) is 26.0 Å². The molecule has 0 saturated heterocycles. The van der Waals surface area contributed by atoms with Crippen molar-refractivity contribution in [3.05, 3.63) is 40.6 Å². The fourth-order valence-corrected chi connectivity index (χ4v) is 2.63. The molecule has 0 radical (unpaired) electrons. The van der Waals surface area contributed by atoms with E-state index in [1.54, 1.807) is 16.2 Å². The molecule has 0 aliphatic heterocycles. The van der Waals surface area contributed by atoms with E-state index in [0.29, 0.717) is 6.54 Å². The number of rotatable bonds is 4. The third kappa shape index (κ3) is 2.79. The van der Waals surface area contributed by atoms with Crippen LogP contribution in [0.1, 0.15) is 23.7 Å². The van der Waals surface area contributed by atoms with Crippen molar-refractivity contribution >= 4 is 17.2 Å². The van der Waals surface area contributed by atoms with E-state index in [1.165, 1.54) is 0 Å². The summed E-state index contributed by atoms with van der Waals surface area (Å²) in [5.74, 6) is 0.0963. The molecule has 1 unspecified atom stereocenters. The third-order valence-electron chi connectivity index (χ3n) is 2.85. The number of hydrogen-bond donors (Lipinski definition) is 0. The van der Waals surface area contributed by atoms with Crippen molar-refractivity contribution in [2.24, 2.45) is 0 Å². The van der Waals surface area contributed by atoms with Crippen LogP contribution in [-0.4, -0.2) is 27.4 Å². The second-order valence-corrected chi connectivity index (χ2v) is 5.33. The molecule has 4 nitrogen and oxygen atoms in total. The Labute approximate surface area is 111 Å². The quantitative estimate of drug-likeness (QED) is 0.850. The Bertz CT molecular complexity index is 518. The summed E-state index contributed by atoms with van der Waals surface area (Å²) in [6, 6.07) is 3.67. The van der Waals surface area contributed by atoms with Crippen LogP contribution in [0.25, 0.3) is 0 Å². The summed E-state index contributed by atoms with van der Waals surface area (Å²) in [4.78, 5) is 18.3. The van der Waals surface area contributed by atoms with Gasteiger partial charge in [-0.2, -0.15) is 0 Å². The van der Waals surface area contributed by atoms with Crippen molar-refractivity contribution in [3.8, 4) is 0 Å². The fourth-order valence-electron chi connectivity index (χ4n) is 1.81. The van der Waals surface area contributed by atoms with Crippen molar-refractivity contribution in [2.75, 3.05) is 7.05 Å². The number of carbonyl (C=O) groups is 1. The Morgan fingerprint density at radius 1 is 1.50 bits per heavy atom. The zero-order valence-corrected chi connectivity index (χ0v) is 11.6. The first-order valence-electron chi connectivity index (χ1n) is 5.86. The molecule has 0 N–H and O–H groups in total. The molecule has 2 rings (SSSR count). The molecule has 1 amide bonds. The highest BCUT2D eigenvalue weighted by atomic mass is 32.1. The summed E-state index contributed by atoms with van der Waals surface area (Å²) in [6.45, 7) is 4.44. The number of aryl methyl sites for hydroxylation is 1. The lowest BCUT2D eigenvalue weighted by Crippen LogP contribution is -2.32. The second kappa shape index (κ2) is 5.35. The van der Waals surface area contributed by atoms with Gasteiger partial charge in [-0.25, -0.2) is 4.98 Å². The van der Waals surface area contributed by atoms with Gasteiger partial charge in [0, 0.05) is 30.5 Å². The van der Waals surface area contributed by atoms with Crippen LogP contribution >= 0.6 is 11.3 Å². The van der Waals surface area contributed by atoms with Crippen LogP contribution < -0.4 is 0 Å². The van der Waals surface area contributed by atoms with Crippen LogP contribution in [0.15, 0.2) is 29.9 Å². The molecule has 5 heteroatoms. The van der Waals surface area contributed by atoms with Crippen LogP contribution in [0.5, 0.6) is 0 Å². The van der Waals surface area contributed by atoms with Gasteiger partial charge in [0.1, 0.15) is 11.0 Å². The molecule has 2 aromatic rings. The van der Waals surface area contributed by atoms with Crippen LogP contribution in [0, 0.1) is 6.92 Å². The fraction of sp³-hybridized carbons (Fsp3) is 0.385. The number of carbonyl (C=O) groups excluding carboxylic acids is 1. The molecule has 0 aromatic carbocycles. The van der Waals surface area contributed by atoms with E-state index in [9.17, 15) is 4.79 Å². The molecule has 96 valence electrons. The molecule has 0 saturated carbocycles. The van der Waals surface area contributed by atoms with Crippen molar-refractivity contribution in [2.45, 2.75) is 26.4 Å². The molecule has 0 aliphatic rings. The van der Waals surface area contributed by atoms with Crippen molar-refractivity contribution < 1.29 is 4.79 Å². The number of hydrogen-bond acceptors (Lipinski definition) is 3. The highest BCUT2D eigenvalue weighted by Gasteiger charge is 2.19. The summed E-state index contributed by atoms with van der Waals surface area (Å²) in [5.41, 5.74) is 1.01. The van der Waals surface area contributed by atoms with Gasteiger partial charge < -0.3 is 9.47 Å². The van der Waals surface area contributed by atoms with E-state index in [2.05, 4.69) is 4.98 Å². The maximum absolute atomic E-state index is 12.2. The number of likely N-dealkylation sites (N-methyl/N-ethyl adjacent to an activating group) is 1. The van der Waals surface area contributed by atoms with E-state index in [0.717, 1.165) is 10.7 Å². The molecule has 0 aliphatic carbocycles. The molecule has 0 bridgehead atoms. The van der Waals surface area contributed by atoms with Gasteiger partial charge in [-0.15, -0.1) is 11.3 Å². The third-order valence-corrected chi connectivity index (χ3v) is 3.80. The maximum Gasteiger partial charge on any atom is 0.245 e. The van der Waals surface area contributed by atoms with Gasteiger partial charge in [0.05, 0.1) is 6.54 Å². The molecule has 0 spiro atoms. The van der Waals surface area contributed by atoms with Crippen molar-refractivity contribution in [1.82, 2.24) is 14.5 Å². The lowest BCUT2D eigenvalue weighted by atomic mass is 10.3. The first-order valence-corrected chi connectivity index (χ1v) is 6.74. The lowest BCUT2D eigenvalue weighted by Gasteiger charge is -2.21. The van der Waals surface area contributed by atoms with Gasteiger partial charge in [0.25, 0.3) is 0 Å². The monoisotopic (exact) mass is 263 g/mol. The number of aromatic nitrogens is 2. The zero-order valence-electron chi connectivity index (χ0n) is 10.8. The Hall–Kier alpha value is -1.62. The molecule has 18 heavy (non-hydrogen) atoms. The molecular formula is C13H17N3OS. The summed E-state index contributed by atoms with van der Waals surface area (Å²) < 4.78 is 1.91. The van der Waals surface area contributed by atoms with Gasteiger partial charge in [-0.3, -0.25) is 4.79 Å². The highest BCUT2D eigenvalue weighted by Crippen LogP contribution is 2.14. The van der Waals surface area contributed by atoms with Gasteiger partial charge >= 0.3 is 0 Å². The summed E-state index contributed by atoms with van der Waals surface area (Å²) >= 11 is 1.59. The van der Waals surface area contributed by atoms with Crippen LogP contribution in [0.3, 0.4) is 0 Å². The number of thiazole rings is 1. The Morgan fingerprint density at radius 2 is 2.17 bits per heavy atom. The Kier molecular flexibility index (Phi) is 3.81. The Balaban J connectivity index is 2.00. The lowest BCUT2D eigenvalue weighted by molar-refractivity contribution is -0.133. The topological polar surface area (TPSA) is 38.1 Å². The van der Waals surface area contributed by atoms with E-state index >= 15 is 0 Å². The largest absolute Gasteiger partial charge is 0.342 e. The highest BCUT2D eigenvalue weighted by molar-refractivity contribution is 7.09. The maximum atomic E-state index is 12.2. The smallest absolute Gasteiger partial charge is 0.245 e. The van der Waals surface area contributed by atoms with E-state index in [1.807, 2.05) is 55.4 Å². The van der Waals surface area contributed by atoms with Crippen molar-refractivity contribution in [1.29, 1.82) is 0 Å².